The number of rotatable bonds is 8. The third-order valence-electron chi connectivity index (χ3n) is 4.92. The van der Waals surface area contributed by atoms with E-state index < -0.39 is 23.5 Å². The summed E-state index contributed by atoms with van der Waals surface area (Å²) < 4.78 is 15.8. The van der Waals surface area contributed by atoms with E-state index in [1.807, 2.05) is 6.92 Å². The van der Waals surface area contributed by atoms with Gasteiger partial charge in [0.15, 0.2) is 11.5 Å². The van der Waals surface area contributed by atoms with Crippen molar-refractivity contribution in [3.63, 3.8) is 0 Å². The van der Waals surface area contributed by atoms with Crippen LogP contribution in [-0.2, 0) is 16.0 Å². The number of carboxylic acids is 1. The molecule has 2 atom stereocenters. The summed E-state index contributed by atoms with van der Waals surface area (Å²) in [6.07, 6.45) is 0.314. The number of ether oxygens (including phenoxy) is 2. The molecule has 28 heavy (non-hydrogen) atoms. The Balaban J connectivity index is 2.40. The van der Waals surface area contributed by atoms with E-state index in [4.69, 9.17) is 13.9 Å². The summed E-state index contributed by atoms with van der Waals surface area (Å²) in [5.41, 5.74) is 0.401. The van der Waals surface area contributed by atoms with Crippen molar-refractivity contribution in [2.24, 2.45) is 5.92 Å². The van der Waals surface area contributed by atoms with Gasteiger partial charge >= 0.3 is 11.6 Å². The molecule has 2 N–H and O–H groups in total. The number of amides is 1. The third-order valence-corrected chi connectivity index (χ3v) is 4.92. The molecular weight excluding hydrogens is 366 g/mol. The normalized spacial score (nSPS) is 13.0. The molecule has 1 aromatic heterocycles. The fraction of sp³-hybridized carbons (Fsp3) is 0.450. The van der Waals surface area contributed by atoms with Crippen molar-refractivity contribution in [3.05, 3.63) is 33.7 Å². The lowest BCUT2D eigenvalue weighted by molar-refractivity contribution is -0.143. The minimum Gasteiger partial charge on any atom is -0.493 e. The Kier molecular flexibility index (Phi) is 6.66. The Morgan fingerprint density at radius 1 is 1.21 bits per heavy atom. The van der Waals surface area contributed by atoms with E-state index in [1.54, 1.807) is 26.0 Å². The topological polar surface area (TPSA) is 115 Å². The van der Waals surface area contributed by atoms with Crippen molar-refractivity contribution in [1.29, 1.82) is 0 Å². The van der Waals surface area contributed by atoms with Crippen molar-refractivity contribution in [2.45, 2.75) is 39.7 Å². The largest absolute Gasteiger partial charge is 0.493 e. The van der Waals surface area contributed by atoms with Gasteiger partial charge < -0.3 is 24.3 Å². The maximum absolute atomic E-state index is 12.4. The van der Waals surface area contributed by atoms with Gasteiger partial charge in [-0.15, -0.1) is 0 Å². The van der Waals surface area contributed by atoms with Crippen LogP contribution >= 0.6 is 0 Å². The molecule has 0 aliphatic carbocycles. The van der Waals surface area contributed by atoms with Gasteiger partial charge in [-0.1, -0.05) is 20.3 Å². The number of carbonyl (C=O) groups excluding carboxylic acids is 1. The smallest absolute Gasteiger partial charge is 0.340 e. The Labute approximate surface area is 162 Å². The highest BCUT2D eigenvalue weighted by atomic mass is 16.5. The summed E-state index contributed by atoms with van der Waals surface area (Å²) in [7, 11) is 2.97. The molecule has 0 bridgehead atoms. The van der Waals surface area contributed by atoms with Gasteiger partial charge in [-0.05, 0) is 24.5 Å². The number of hydrogen-bond donors (Lipinski definition) is 2. The SMILES string of the molecule is CC[C@@H](C)[C@H](NC(=O)Cc1c(C)c2cc(OC)c(OC)cc2oc1=O)C(=O)O. The van der Waals surface area contributed by atoms with Crippen molar-refractivity contribution >= 4 is 22.8 Å². The first-order chi connectivity index (χ1) is 13.2. The summed E-state index contributed by atoms with van der Waals surface area (Å²) in [4.78, 5) is 36.2. The first-order valence-corrected chi connectivity index (χ1v) is 8.93. The summed E-state index contributed by atoms with van der Waals surface area (Å²) in [5, 5.41) is 12.4. The van der Waals surface area contributed by atoms with Crippen LogP contribution in [0.15, 0.2) is 21.3 Å². The second-order valence-corrected chi connectivity index (χ2v) is 6.64. The van der Waals surface area contributed by atoms with E-state index in [-0.39, 0.29) is 17.9 Å². The van der Waals surface area contributed by atoms with Gasteiger partial charge in [0.2, 0.25) is 5.91 Å². The fourth-order valence-corrected chi connectivity index (χ4v) is 2.99. The van der Waals surface area contributed by atoms with Gasteiger partial charge in [0.1, 0.15) is 11.6 Å². The lowest BCUT2D eigenvalue weighted by Crippen LogP contribution is -2.45. The van der Waals surface area contributed by atoms with E-state index in [1.165, 1.54) is 14.2 Å². The van der Waals surface area contributed by atoms with Gasteiger partial charge in [-0.25, -0.2) is 9.59 Å². The van der Waals surface area contributed by atoms with E-state index in [0.29, 0.717) is 34.5 Å². The molecule has 0 saturated heterocycles. The van der Waals surface area contributed by atoms with Crippen LogP contribution in [0.2, 0.25) is 0 Å². The van der Waals surface area contributed by atoms with E-state index in [2.05, 4.69) is 5.32 Å². The molecule has 8 heteroatoms. The highest BCUT2D eigenvalue weighted by Gasteiger charge is 2.26. The average molecular weight is 391 g/mol. The first kappa shape index (κ1) is 21.3. The Morgan fingerprint density at radius 2 is 1.82 bits per heavy atom. The molecular formula is C20H25NO7. The standard InChI is InChI=1S/C20H25NO7/c1-6-10(2)18(19(23)24)21-17(22)8-13-11(3)12-7-15(26-4)16(27-5)9-14(12)28-20(13)25/h7,9-10,18H,6,8H2,1-5H3,(H,21,22)(H,23,24)/t10-,18+/m1/s1. The number of fused-ring (bicyclic) bond motifs is 1. The van der Waals surface area contributed by atoms with Gasteiger partial charge in [-0.2, -0.15) is 0 Å². The van der Waals surface area contributed by atoms with Gasteiger partial charge in [-0.3, -0.25) is 4.79 Å². The number of nitrogens with one attached hydrogen (secondary N) is 1. The Bertz CT molecular complexity index is 948. The van der Waals surface area contributed by atoms with Crippen LogP contribution < -0.4 is 20.4 Å². The van der Waals surface area contributed by atoms with Crippen molar-refractivity contribution in [2.75, 3.05) is 14.2 Å². The zero-order valence-electron chi connectivity index (χ0n) is 16.6. The molecule has 1 heterocycles. The molecule has 0 aliphatic heterocycles. The third kappa shape index (κ3) is 4.27. The predicted molar refractivity (Wildman–Crippen MR) is 103 cm³/mol. The summed E-state index contributed by atoms with van der Waals surface area (Å²) in [6.45, 7) is 5.29. The lowest BCUT2D eigenvalue weighted by Gasteiger charge is -2.20. The molecule has 1 amide bonds. The molecule has 2 aromatic rings. The molecule has 0 fully saturated rings. The number of hydrogen-bond acceptors (Lipinski definition) is 6. The highest BCUT2D eigenvalue weighted by Crippen LogP contribution is 2.33. The van der Waals surface area contributed by atoms with E-state index >= 15 is 0 Å². The number of benzene rings is 1. The van der Waals surface area contributed by atoms with Crippen molar-refractivity contribution < 1.29 is 28.6 Å². The van der Waals surface area contributed by atoms with Crippen LogP contribution in [0, 0.1) is 12.8 Å². The maximum atomic E-state index is 12.4. The lowest BCUT2D eigenvalue weighted by atomic mass is 9.98. The zero-order chi connectivity index (χ0) is 21.0. The summed E-state index contributed by atoms with van der Waals surface area (Å²) in [6, 6.07) is 2.21. The van der Waals surface area contributed by atoms with Crippen LogP contribution in [0.25, 0.3) is 11.0 Å². The van der Waals surface area contributed by atoms with Gasteiger partial charge in [0.25, 0.3) is 0 Å². The molecule has 0 unspecified atom stereocenters. The zero-order valence-corrected chi connectivity index (χ0v) is 16.6. The van der Waals surface area contributed by atoms with Crippen LogP contribution in [0.4, 0.5) is 0 Å². The summed E-state index contributed by atoms with van der Waals surface area (Å²) in [5.74, 6) is -1.03. The van der Waals surface area contributed by atoms with Crippen LogP contribution in [-0.4, -0.2) is 37.2 Å². The molecule has 152 valence electrons. The Hall–Kier alpha value is -3.03. The number of methoxy groups -OCH3 is 2. The quantitative estimate of drug-likeness (QED) is 0.663. The van der Waals surface area contributed by atoms with E-state index in [0.717, 1.165) is 0 Å². The van der Waals surface area contributed by atoms with Gasteiger partial charge in [0, 0.05) is 11.5 Å². The summed E-state index contributed by atoms with van der Waals surface area (Å²) >= 11 is 0. The maximum Gasteiger partial charge on any atom is 0.340 e. The van der Waals surface area contributed by atoms with Crippen LogP contribution in [0.5, 0.6) is 11.5 Å². The molecule has 0 radical (unpaired) electrons. The molecule has 0 saturated carbocycles. The van der Waals surface area contributed by atoms with E-state index in [9.17, 15) is 19.5 Å². The van der Waals surface area contributed by atoms with Crippen molar-refractivity contribution in [3.8, 4) is 11.5 Å². The number of aliphatic carboxylic acids is 1. The predicted octanol–water partition coefficient (Wildman–Crippen LogP) is 2.28. The highest BCUT2D eigenvalue weighted by molar-refractivity contribution is 5.88. The molecule has 8 nitrogen and oxygen atoms in total. The molecule has 1 aromatic carbocycles. The number of carbonyl (C=O) groups is 2. The molecule has 0 aliphatic rings. The number of carboxylic acid groups (broad SMARTS) is 1. The van der Waals surface area contributed by atoms with Crippen LogP contribution in [0.3, 0.4) is 0 Å². The monoisotopic (exact) mass is 391 g/mol. The molecule has 0 spiro atoms. The van der Waals surface area contributed by atoms with Crippen LogP contribution in [0.1, 0.15) is 31.4 Å². The second-order valence-electron chi connectivity index (χ2n) is 6.64. The average Bonchev–Trinajstić information content (AvgIpc) is 2.67. The van der Waals surface area contributed by atoms with Gasteiger partial charge in [0.05, 0.1) is 26.2 Å². The minimum absolute atomic E-state index is 0.172. The molecule has 2 rings (SSSR count). The fourth-order valence-electron chi connectivity index (χ4n) is 2.99. The number of aryl methyl sites for hydroxylation is 1. The minimum atomic E-state index is -1.11. The van der Waals surface area contributed by atoms with Crippen molar-refractivity contribution in [1.82, 2.24) is 5.32 Å². The first-order valence-electron chi connectivity index (χ1n) is 8.93. The Morgan fingerprint density at radius 3 is 2.36 bits per heavy atom. The second kappa shape index (κ2) is 8.77.